The molecular formula is C34H72O20S6. The molecule has 0 heterocycles. The van der Waals surface area contributed by atoms with E-state index >= 15 is 0 Å². The van der Waals surface area contributed by atoms with Gasteiger partial charge in [0.1, 0.15) is 0 Å². The van der Waals surface area contributed by atoms with Crippen molar-refractivity contribution in [3.63, 3.8) is 0 Å². The molecule has 0 unspecified atom stereocenters. The minimum absolute atomic E-state index is 0.240. The van der Waals surface area contributed by atoms with Crippen LogP contribution in [0.15, 0.2) is 0 Å². The lowest BCUT2D eigenvalue weighted by Gasteiger charge is -2.23. The molecule has 0 spiro atoms. The molecule has 60 heavy (non-hydrogen) atoms. The summed E-state index contributed by atoms with van der Waals surface area (Å²) in [6, 6.07) is 0. The summed E-state index contributed by atoms with van der Waals surface area (Å²) in [4.78, 5) is 58.3. The Balaban J connectivity index is -0.0000000861. The standard InChI is InChI=1S/2C5H12O4.6C4H8O2S/c2*6-1-5(2-7,3-8)4-9;6*5-4(6)2-1-3-7/h2*6-9H,1-4H2;6*7H,1-3H2,(H,5,6). The van der Waals surface area contributed by atoms with E-state index in [9.17, 15) is 28.8 Å². The van der Waals surface area contributed by atoms with Gasteiger partial charge >= 0.3 is 35.8 Å². The monoisotopic (exact) mass is 992 g/mol. The predicted molar refractivity (Wildman–Crippen MR) is 246 cm³/mol. The van der Waals surface area contributed by atoms with Crippen LogP contribution in [0.25, 0.3) is 0 Å². The number of aliphatic hydroxyl groups excluding tert-OH is 8. The largest absolute Gasteiger partial charge is 0.481 e. The smallest absolute Gasteiger partial charge is 0.303 e. The zero-order valence-corrected chi connectivity index (χ0v) is 39.1. The minimum atomic E-state index is -1.11. The second-order valence-electron chi connectivity index (χ2n) is 11.6. The summed E-state index contributed by atoms with van der Waals surface area (Å²) in [7, 11) is 0. The molecule has 0 aromatic carbocycles. The van der Waals surface area contributed by atoms with E-state index in [1.807, 2.05) is 0 Å². The molecule has 0 aliphatic heterocycles. The molecule has 0 radical (unpaired) electrons. The van der Waals surface area contributed by atoms with Crippen LogP contribution in [0.3, 0.4) is 0 Å². The van der Waals surface area contributed by atoms with Crippen molar-refractivity contribution in [2.75, 3.05) is 87.4 Å². The van der Waals surface area contributed by atoms with Gasteiger partial charge in [0, 0.05) is 38.5 Å². The van der Waals surface area contributed by atoms with Gasteiger partial charge in [-0.2, -0.15) is 75.8 Å². The average molecular weight is 993 g/mol. The van der Waals surface area contributed by atoms with E-state index in [-0.39, 0.29) is 38.5 Å². The fourth-order valence-corrected chi connectivity index (χ4v) is 2.93. The van der Waals surface area contributed by atoms with Crippen molar-refractivity contribution in [1.29, 1.82) is 0 Å². The van der Waals surface area contributed by atoms with Crippen molar-refractivity contribution < 1.29 is 100 Å². The number of hydrogen-bond donors (Lipinski definition) is 20. The molecule has 0 aromatic rings. The Kier molecular flexibility index (Phi) is 78.3. The Morgan fingerprint density at radius 2 is 0.367 bits per heavy atom. The van der Waals surface area contributed by atoms with Crippen LogP contribution in [0.4, 0.5) is 0 Å². The maximum Gasteiger partial charge on any atom is 0.303 e. The maximum atomic E-state index is 9.72. The van der Waals surface area contributed by atoms with Gasteiger partial charge in [-0.3, -0.25) is 28.8 Å². The summed E-state index contributed by atoms with van der Waals surface area (Å²) in [5.41, 5.74) is -2.22. The molecule has 0 saturated heterocycles. The van der Waals surface area contributed by atoms with Crippen molar-refractivity contribution in [2.45, 2.75) is 77.0 Å². The highest BCUT2D eigenvalue weighted by Gasteiger charge is 2.27. The number of aliphatic hydroxyl groups is 8. The lowest BCUT2D eigenvalue weighted by atomic mass is 9.93. The first kappa shape index (κ1) is 75.9. The van der Waals surface area contributed by atoms with E-state index < -0.39 is 99.5 Å². The Bertz CT molecular complexity index is 768. The van der Waals surface area contributed by atoms with Crippen LogP contribution in [0.5, 0.6) is 0 Å². The average Bonchev–Trinajstić information content (AvgIpc) is 3.22. The van der Waals surface area contributed by atoms with Gasteiger partial charge in [0.05, 0.1) is 63.7 Å². The molecule has 26 heteroatoms. The number of carboxylic acid groups (broad SMARTS) is 6. The van der Waals surface area contributed by atoms with Crippen LogP contribution < -0.4 is 0 Å². The van der Waals surface area contributed by atoms with E-state index in [0.717, 1.165) is 0 Å². The summed E-state index contributed by atoms with van der Waals surface area (Å²) >= 11 is 23.0. The predicted octanol–water partition coefficient (Wildman–Crippen LogP) is 0.570. The van der Waals surface area contributed by atoms with Crippen LogP contribution >= 0.6 is 75.8 Å². The van der Waals surface area contributed by atoms with Gasteiger partial charge in [0.2, 0.25) is 0 Å². The summed E-state index contributed by atoms with van der Waals surface area (Å²) in [5, 5.41) is 116. The van der Waals surface area contributed by atoms with Gasteiger partial charge in [-0.05, 0) is 73.0 Å². The van der Waals surface area contributed by atoms with E-state index in [0.29, 0.717) is 73.0 Å². The van der Waals surface area contributed by atoms with Crippen molar-refractivity contribution in [3.8, 4) is 0 Å². The molecule has 20 nitrogen and oxygen atoms in total. The van der Waals surface area contributed by atoms with Gasteiger partial charge in [-0.1, -0.05) is 0 Å². The molecule has 0 atom stereocenters. The molecule has 0 rings (SSSR count). The van der Waals surface area contributed by atoms with Crippen molar-refractivity contribution in [2.24, 2.45) is 10.8 Å². The van der Waals surface area contributed by atoms with Gasteiger partial charge < -0.3 is 71.5 Å². The first-order valence-corrected chi connectivity index (χ1v) is 21.7. The van der Waals surface area contributed by atoms with Crippen molar-refractivity contribution in [3.05, 3.63) is 0 Å². The van der Waals surface area contributed by atoms with Crippen LogP contribution in [0.2, 0.25) is 0 Å². The topological polar surface area (TPSA) is 386 Å². The Labute approximate surface area is 385 Å². The third kappa shape index (κ3) is 80.6. The van der Waals surface area contributed by atoms with Crippen LogP contribution in [-0.4, -0.2) is 195 Å². The number of rotatable bonds is 26. The summed E-state index contributed by atoms with van der Waals surface area (Å²) in [6.07, 6.45) is 5.43. The summed E-state index contributed by atoms with van der Waals surface area (Å²) < 4.78 is 0. The highest BCUT2D eigenvalue weighted by molar-refractivity contribution is 7.81. The maximum absolute atomic E-state index is 9.72. The molecule has 0 fully saturated rings. The van der Waals surface area contributed by atoms with Gasteiger partial charge in [-0.15, -0.1) is 0 Å². The van der Waals surface area contributed by atoms with Gasteiger partial charge in [-0.25, -0.2) is 0 Å². The Morgan fingerprint density at radius 3 is 0.383 bits per heavy atom. The van der Waals surface area contributed by atoms with E-state index in [2.05, 4.69) is 75.8 Å². The molecule has 0 saturated carbocycles. The zero-order chi connectivity index (χ0) is 48.8. The molecule has 0 aliphatic rings. The van der Waals surface area contributed by atoms with E-state index in [4.69, 9.17) is 71.5 Å². The number of hydrogen-bond acceptors (Lipinski definition) is 20. The fourth-order valence-electron chi connectivity index (χ4n) is 1.98. The van der Waals surface area contributed by atoms with Crippen molar-refractivity contribution in [1.82, 2.24) is 0 Å². The second kappa shape index (κ2) is 61.9. The van der Waals surface area contributed by atoms with Crippen molar-refractivity contribution >= 4 is 112 Å². The molecule has 0 aromatic heterocycles. The van der Waals surface area contributed by atoms with Crippen LogP contribution in [-0.2, 0) is 28.8 Å². The first-order valence-electron chi connectivity index (χ1n) is 17.9. The molecular weight excluding hydrogens is 921 g/mol. The van der Waals surface area contributed by atoms with Gasteiger partial charge in [0.25, 0.3) is 0 Å². The number of aliphatic carboxylic acids is 6. The lowest BCUT2D eigenvalue weighted by Crippen LogP contribution is -2.37. The molecule has 0 amide bonds. The number of thiol groups is 6. The molecule has 0 aliphatic carbocycles. The third-order valence-electron chi connectivity index (χ3n) is 5.98. The van der Waals surface area contributed by atoms with E-state index in [1.165, 1.54) is 0 Å². The first-order chi connectivity index (χ1) is 28.1. The Morgan fingerprint density at radius 1 is 0.267 bits per heavy atom. The molecule has 14 N–H and O–H groups in total. The molecule has 0 bridgehead atoms. The van der Waals surface area contributed by atoms with E-state index in [1.54, 1.807) is 0 Å². The summed E-state index contributed by atoms with van der Waals surface area (Å²) in [5.74, 6) is -0.496. The molecule has 364 valence electrons. The lowest BCUT2D eigenvalue weighted by molar-refractivity contribution is -0.138. The number of carboxylic acids is 6. The highest BCUT2D eigenvalue weighted by Crippen LogP contribution is 2.12. The van der Waals surface area contributed by atoms with Crippen LogP contribution in [0, 0.1) is 10.8 Å². The van der Waals surface area contributed by atoms with Gasteiger partial charge in [0.15, 0.2) is 0 Å². The zero-order valence-electron chi connectivity index (χ0n) is 33.8. The number of carbonyl (C=O) groups is 6. The quantitative estimate of drug-likeness (QED) is 0.0527. The minimum Gasteiger partial charge on any atom is -0.481 e. The SMILES string of the molecule is O=C(O)CCCS.O=C(O)CCCS.O=C(O)CCCS.O=C(O)CCCS.O=C(O)CCCS.O=C(O)CCCS.OCC(CO)(CO)CO.OCC(CO)(CO)CO. The normalized spacial score (nSPS) is 9.70. The Hall–Kier alpha value is -1.40. The summed E-state index contributed by atoms with van der Waals surface area (Å²) in [6.45, 7) is -3.25. The second-order valence-corrected chi connectivity index (χ2v) is 14.3. The highest BCUT2D eigenvalue weighted by atomic mass is 32.1. The third-order valence-corrected chi connectivity index (χ3v) is 7.87. The van der Waals surface area contributed by atoms with Crippen LogP contribution in [0.1, 0.15) is 77.0 Å². The fraction of sp³-hybridized carbons (Fsp3) is 0.824.